The van der Waals surface area contributed by atoms with Crippen LogP contribution in [0.25, 0.3) is 0 Å². The molecule has 2 rings (SSSR count). The summed E-state index contributed by atoms with van der Waals surface area (Å²) in [6.45, 7) is 0. The van der Waals surface area contributed by atoms with Gasteiger partial charge in [0.25, 0.3) is 10.1 Å². The Balaban J connectivity index is 2.09. The van der Waals surface area contributed by atoms with E-state index >= 15 is 0 Å². The van der Waals surface area contributed by atoms with Gasteiger partial charge in [0.2, 0.25) is 0 Å². The van der Waals surface area contributed by atoms with Crippen molar-refractivity contribution in [1.82, 2.24) is 0 Å². The van der Waals surface area contributed by atoms with E-state index in [0.717, 1.165) is 12.8 Å². The fourth-order valence-electron chi connectivity index (χ4n) is 1.55. The van der Waals surface area contributed by atoms with Crippen molar-refractivity contribution in [3.8, 4) is 0 Å². The largest absolute Gasteiger partial charge is 0.285 e. The van der Waals surface area contributed by atoms with E-state index in [1.54, 1.807) is 0 Å². The highest BCUT2D eigenvalue weighted by Gasteiger charge is 2.55. The van der Waals surface area contributed by atoms with Gasteiger partial charge in [0.15, 0.2) is 0 Å². The quantitative estimate of drug-likeness (QED) is 0.657. The Hall–Kier alpha value is -0.0900. The first-order chi connectivity index (χ1) is 5.04. The Labute approximate surface area is 66.5 Å². The van der Waals surface area contributed by atoms with E-state index in [4.69, 9.17) is 4.55 Å². The van der Waals surface area contributed by atoms with Crippen LogP contribution in [0.5, 0.6) is 0 Å². The van der Waals surface area contributed by atoms with E-state index in [2.05, 4.69) is 0 Å². The van der Waals surface area contributed by atoms with Crippen molar-refractivity contribution in [3.05, 3.63) is 0 Å². The van der Waals surface area contributed by atoms with E-state index in [0.29, 0.717) is 25.2 Å². The second kappa shape index (κ2) is 1.98. The first-order valence-electron chi connectivity index (χ1n) is 4.01. The third kappa shape index (κ3) is 1.29. The van der Waals surface area contributed by atoms with Crippen molar-refractivity contribution in [1.29, 1.82) is 0 Å². The molecule has 0 radical (unpaired) electrons. The molecule has 0 saturated heterocycles. The third-order valence-corrected chi connectivity index (χ3v) is 4.38. The smallest absolute Gasteiger partial charge is 0.270 e. The van der Waals surface area contributed by atoms with Crippen LogP contribution in [0.1, 0.15) is 32.1 Å². The summed E-state index contributed by atoms with van der Waals surface area (Å²) in [4.78, 5) is 0. The lowest BCUT2D eigenvalue weighted by atomic mass is 10.2. The molecule has 11 heavy (non-hydrogen) atoms. The number of rotatable bonds is 3. The third-order valence-electron chi connectivity index (χ3n) is 2.71. The number of hydrogen-bond acceptors (Lipinski definition) is 2. The summed E-state index contributed by atoms with van der Waals surface area (Å²) in [6.07, 6.45) is 4.34. The average molecular weight is 176 g/mol. The SMILES string of the molecule is O=S(=O)(O)C1(CC2CC2)CC1. The van der Waals surface area contributed by atoms with Gasteiger partial charge >= 0.3 is 0 Å². The molecule has 2 aliphatic rings. The summed E-state index contributed by atoms with van der Waals surface area (Å²) in [5, 5.41) is 0. The standard InChI is InChI=1S/C7H12O3S/c8-11(9,10)7(3-4-7)5-6-1-2-6/h6H,1-5H2,(H,8,9,10). The molecule has 0 heterocycles. The van der Waals surface area contributed by atoms with Gasteiger partial charge in [0.05, 0.1) is 4.75 Å². The van der Waals surface area contributed by atoms with Crippen LogP contribution in [0, 0.1) is 5.92 Å². The highest BCUT2D eigenvalue weighted by molar-refractivity contribution is 7.87. The van der Waals surface area contributed by atoms with Gasteiger partial charge in [-0.1, -0.05) is 12.8 Å². The van der Waals surface area contributed by atoms with Gasteiger partial charge in [-0.2, -0.15) is 8.42 Å². The molecular formula is C7H12O3S. The summed E-state index contributed by atoms with van der Waals surface area (Å²) < 4.78 is 29.8. The molecule has 64 valence electrons. The van der Waals surface area contributed by atoms with E-state index in [1.807, 2.05) is 0 Å². The van der Waals surface area contributed by atoms with Crippen molar-refractivity contribution in [2.45, 2.75) is 36.9 Å². The second-order valence-corrected chi connectivity index (χ2v) is 5.62. The molecule has 2 fully saturated rings. The maximum absolute atomic E-state index is 10.8. The van der Waals surface area contributed by atoms with Gasteiger partial charge in [-0.15, -0.1) is 0 Å². The number of hydrogen-bond donors (Lipinski definition) is 1. The summed E-state index contributed by atoms with van der Waals surface area (Å²) in [7, 11) is -3.75. The monoisotopic (exact) mass is 176 g/mol. The van der Waals surface area contributed by atoms with Crippen molar-refractivity contribution in [3.63, 3.8) is 0 Å². The zero-order valence-corrected chi connectivity index (χ0v) is 7.10. The topological polar surface area (TPSA) is 54.4 Å². The van der Waals surface area contributed by atoms with Gasteiger partial charge in [-0.25, -0.2) is 0 Å². The molecule has 3 nitrogen and oxygen atoms in total. The van der Waals surface area contributed by atoms with Crippen LogP contribution in [0.2, 0.25) is 0 Å². The van der Waals surface area contributed by atoms with E-state index in [9.17, 15) is 8.42 Å². The minimum atomic E-state index is -3.75. The molecular weight excluding hydrogens is 164 g/mol. The Bertz CT molecular complexity index is 259. The van der Waals surface area contributed by atoms with Crippen LogP contribution in [-0.2, 0) is 10.1 Å². The molecule has 2 saturated carbocycles. The van der Waals surface area contributed by atoms with Crippen LogP contribution in [-0.4, -0.2) is 17.7 Å². The van der Waals surface area contributed by atoms with E-state index in [1.165, 1.54) is 0 Å². The van der Waals surface area contributed by atoms with Gasteiger partial charge in [0, 0.05) is 0 Å². The maximum atomic E-state index is 10.8. The Morgan fingerprint density at radius 3 is 2.18 bits per heavy atom. The normalized spacial score (nSPS) is 28.5. The lowest BCUT2D eigenvalue weighted by Crippen LogP contribution is -2.22. The average Bonchev–Trinajstić information content (AvgIpc) is 2.60. The van der Waals surface area contributed by atoms with Gasteiger partial charge in [-0.3, -0.25) is 4.55 Å². The molecule has 0 unspecified atom stereocenters. The van der Waals surface area contributed by atoms with Crippen LogP contribution in [0.4, 0.5) is 0 Å². The molecule has 0 aromatic heterocycles. The molecule has 0 atom stereocenters. The van der Waals surface area contributed by atoms with Gasteiger partial charge in [-0.05, 0) is 25.2 Å². The molecule has 4 heteroatoms. The van der Waals surface area contributed by atoms with Crippen LogP contribution in [0.15, 0.2) is 0 Å². The van der Waals surface area contributed by atoms with Crippen LogP contribution >= 0.6 is 0 Å². The maximum Gasteiger partial charge on any atom is 0.270 e. The molecule has 0 aromatic rings. The Morgan fingerprint density at radius 1 is 1.36 bits per heavy atom. The van der Waals surface area contributed by atoms with E-state index < -0.39 is 14.9 Å². The summed E-state index contributed by atoms with van der Waals surface area (Å²) in [6, 6.07) is 0. The highest BCUT2D eigenvalue weighted by atomic mass is 32.2. The lowest BCUT2D eigenvalue weighted by molar-refractivity contribution is 0.453. The van der Waals surface area contributed by atoms with Crippen molar-refractivity contribution < 1.29 is 13.0 Å². The lowest BCUT2D eigenvalue weighted by Gasteiger charge is -2.09. The van der Waals surface area contributed by atoms with Crippen LogP contribution in [0.3, 0.4) is 0 Å². The molecule has 0 spiro atoms. The Morgan fingerprint density at radius 2 is 1.91 bits per heavy atom. The molecule has 0 aliphatic heterocycles. The minimum Gasteiger partial charge on any atom is -0.285 e. The molecule has 0 bridgehead atoms. The fourth-order valence-corrected chi connectivity index (χ4v) is 2.62. The first-order valence-corrected chi connectivity index (χ1v) is 5.45. The van der Waals surface area contributed by atoms with Gasteiger partial charge in [0.1, 0.15) is 0 Å². The van der Waals surface area contributed by atoms with Gasteiger partial charge < -0.3 is 0 Å². The summed E-state index contributed by atoms with van der Waals surface area (Å²) >= 11 is 0. The second-order valence-electron chi connectivity index (χ2n) is 3.81. The predicted molar refractivity (Wildman–Crippen MR) is 40.9 cm³/mol. The van der Waals surface area contributed by atoms with Crippen LogP contribution < -0.4 is 0 Å². The Kier molecular flexibility index (Phi) is 1.36. The van der Waals surface area contributed by atoms with Crippen molar-refractivity contribution >= 4 is 10.1 Å². The molecule has 0 amide bonds. The minimum absolute atomic E-state index is 0.583. The first kappa shape index (κ1) is 7.55. The molecule has 0 aromatic carbocycles. The van der Waals surface area contributed by atoms with Crippen molar-refractivity contribution in [2.24, 2.45) is 5.92 Å². The predicted octanol–water partition coefficient (Wildman–Crippen LogP) is 1.21. The molecule has 2 aliphatic carbocycles. The highest BCUT2D eigenvalue weighted by Crippen LogP contribution is 2.52. The van der Waals surface area contributed by atoms with Crippen molar-refractivity contribution in [2.75, 3.05) is 0 Å². The summed E-state index contributed by atoms with van der Waals surface area (Å²) in [5.74, 6) is 0.583. The zero-order valence-electron chi connectivity index (χ0n) is 6.28. The fraction of sp³-hybridized carbons (Fsp3) is 1.00. The zero-order chi connectivity index (χ0) is 8.11. The molecule has 1 N–H and O–H groups in total. The van der Waals surface area contributed by atoms with E-state index in [-0.39, 0.29) is 0 Å². The summed E-state index contributed by atoms with van der Waals surface area (Å²) in [5.41, 5.74) is 0.